The number of hydrogen-bond donors (Lipinski definition) is 2. The lowest BCUT2D eigenvalue weighted by atomic mass is 10.0. The van der Waals surface area contributed by atoms with Crippen molar-refractivity contribution in [3.05, 3.63) is 64.6 Å². The van der Waals surface area contributed by atoms with E-state index < -0.39 is 0 Å². The molecule has 26 heavy (non-hydrogen) atoms. The van der Waals surface area contributed by atoms with Crippen LogP contribution in [0.5, 0.6) is 0 Å². The summed E-state index contributed by atoms with van der Waals surface area (Å²) in [5.41, 5.74) is 2.70. The Morgan fingerprint density at radius 1 is 0.962 bits per heavy atom. The number of hydrogen-bond acceptors (Lipinski definition) is 3. The van der Waals surface area contributed by atoms with Crippen LogP contribution in [-0.2, 0) is 0 Å². The number of benzene rings is 2. The zero-order valence-electron chi connectivity index (χ0n) is 15.2. The van der Waals surface area contributed by atoms with E-state index in [1.54, 1.807) is 0 Å². The number of piperidine rings is 1. The molecule has 4 heteroatoms. The first kappa shape index (κ1) is 18.0. The van der Waals surface area contributed by atoms with E-state index in [1.807, 2.05) is 0 Å². The number of halogens is 1. The van der Waals surface area contributed by atoms with Crippen LogP contribution in [-0.4, -0.2) is 43.2 Å². The van der Waals surface area contributed by atoms with Crippen LogP contribution in [0.2, 0.25) is 0 Å². The number of likely N-dealkylation sites (tertiary alicyclic amines) is 1. The molecule has 4 rings (SSSR count). The monoisotopic (exact) mass is 413 g/mol. The van der Waals surface area contributed by atoms with Gasteiger partial charge in [0.2, 0.25) is 0 Å². The maximum Gasteiger partial charge on any atom is 0.0341 e. The minimum atomic E-state index is 0.699. The minimum absolute atomic E-state index is 0.699. The molecule has 138 valence electrons. The van der Waals surface area contributed by atoms with E-state index in [2.05, 4.69) is 86.1 Å². The van der Waals surface area contributed by atoms with Crippen molar-refractivity contribution in [3.8, 4) is 0 Å². The lowest BCUT2D eigenvalue weighted by molar-refractivity contribution is 0.203. The van der Waals surface area contributed by atoms with Crippen molar-refractivity contribution < 1.29 is 0 Å². The maximum absolute atomic E-state index is 3.90. The molecule has 0 spiro atoms. The van der Waals surface area contributed by atoms with Crippen LogP contribution in [0.15, 0.2) is 59.1 Å². The zero-order valence-corrected chi connectivity index (χ0v) is 16.8. The van der Waals surface area contributed by atoms with Crippen LogP contribution in [0.1, 0.15) is 30.7 Å². The van der Waals surface area contributed by atoms with Gasteiger partial charge in [-0.25, -0.2) is 0 Å². The van der Waals surface area contributed by atoms with E-state index in [4.69, 9.17) is 0 Å². The SMILES string of the molecule is Brc1ccc(NCCN2CCC(N[C@@H]3C[C@H]3c3ccccc3)CC2)cc1. The summed E-state index contributed by atoms with van der Waals surface area (Å²) in [5, 5.41) is 7.42. The van der Waals surface area contributed by atoms with Gasteiger partial charge in [-0.2, -0.15) is 0 Å². The highest BCUT2D eigenvalue weighted by Crippen LogP contribution is 2.41. The second kappa shape index (κ2) is 8.55. The lowest BCUT2D eigenvalue weighted by Crippen LogP contribution is -2.44. The molecule has 0 aromatic heterocycles. The highest BCUT2D eigenvalue weighted by Gasteiger charge is 2.39. The summed E-state index contributed by atoms with van der Waals surface area (Å²) in [7, 11) is 0. The molecule has 0 amide bonds. The average Bonchev–Trinajstić information content (AvgIpc) is 3.45. The third-order valence-electron chi connectivity index (χ3n) is 5.66. The third kappa shape index (κ3) is 4.87. The van der Waals surface area contributed by atoms with E-state index in [1.165, 1.54) is 43.6 Å². The topological polar surface area (TPSA) is 27.3 Å². The molecule has 1 aliphatic heterocycles. The van der Waals surface area contributed by atoms with Crippen LogP contribution >= 0.6 is 15.9 Å². The first-order valence-corrected chi connectivity index (χ1v) is 10.6. The minimum Gasteiger partial charge on any atom is -0.384 e. The Kier molecular flexibility index (Phi) is 5.93. The molecule has 2 aliphatic rings. The van der Waals surface area contributed by atoms with Crippen LogP contribution in [0, 0.1) is 0 Å². The van der Waals surface area contributed by atoms with Gasteiger partial charge in [0.05, 0.1) is 0 Å². The van der Waals surface area contributed by atoms with Crippen molar-refractivity contribution in [2.45, 2.75) is 37.3 Å². The molecule has 0 radical (unpaired) electrons. The van der Waals surface area contributed by atoms with Gasteiger partial charge in [-0.05, 0) is 62.2 Å². The third-order valence-corrected chi connectivity index (χ3v) is 6.19. The predicted octanol–water partition coefficient (Wildman–Crippen LogP) is 4.47. The Morgan fingerprint density at radius 3 is 2.42 bits per heavy atom. The van der Waals surface area contributed by atoms with Gasteiger partial charge < -0.3 is 15.5 Å². The molecule has 3 nitrogen and oxygen atoms in total. The van der Waals surface area contributed by atoms with Crippen LogP contribution in [0.3, 0.4) is 0 Å². The summed E-state index contributed by atoms with van der Waals surface area (Å²) < 4.78 is 1.13. The molecule has 2 aromatic carbocycles. The van der Waals surface area contributed by atoms with E-state index in [0.717, 1.165) is 23.5 Å². The summed E-state index contributed by atoms with van der Waals surface area (Å²) in [5.74, 6) is 0.740. The molecule has 0 unspecified atom stereocenters. The molecule has 2 atom stereocenters. The predicted molar refractivity (Wildman–Crippen MR) is 113 cm³/mol. The zero-order chi connectivity index (χ0) is 17.8. The number of anilines is 1. The van der Waals surface area contributed by atoms with Crippen molar-refractivity contribution in [3.63, 3.8) is 0 Å². The van der Waals surface area contributed by atoms with Gasteiger partial charge in [0.1, 0.15) is 0 Å². The summed E-state index contributed by atoms with van der Waals surface area (Å²) in [6.07, 6.45) is 3.86. The lowest BCUT2D eigenvalue weighted by Gasteiger charge is -2.32. The summed E-state index contributed by atoms with van der Waals surface area (Å²) in [6.45, 7) is 4.56. The molecular formula is C22H28BrN3. The Hall–Kier alpha value is -1.36. The van der Waals surface area contributed by atoms with Crippen LogP contribution in [0.4, 0.5) is 5.69 Å². The van der Waals surface area contributed by atoms with Gasteiger partial charge >= 0.3 is 0 Å². The average molecular weight is 414 g/mol. The van der Waals surface area contributed by atoms with Crippen molar-refractivity contribution in [2.24, 2.45) is 0 Å². The second-order valence-electron chi connectivity index (χ2n) is 7.58. The fourth-order valence-corrected chi connectivity index (χ4v) is 4.26. The molecule has 1 saturated carbocycles. The highest BCUT2D eigenvalue weighted by molar-refractivity contribution is 9.10. The smallest absolute Gasteiger partial charge is 0.0341 e. The quantitative estimate of drug-likeness (QED) is 0.700. The Labute approximate surface area is 165 Å². The number of rotatable bonds is 7. The molecule has 0 bridgehead atoms. The van der Waals surface area contributed by atoms with Gasteiger partial charge in [0, 0.05) is 41.3 Å². The van der Waals surface area contributed by atoms with Crippen molar-refractivity contribution in [2.75, 3.05) is 31.5 Å². The molecule has 2 aromatic rings. The van der Waals surface area contributed by atoms with Gasteiger partial charge in [-0.3, -0.25) is 0 Å². The van der Waals surface area contributed by atoms with Gasteiger partial charge in [0.15, 0.2) is 0 Å². The largest absolute Gasteiger partial charge is 0.384 e. The summed E-state index contributed by atoms with van der Waals surface area (Å²) >= 11 is 3.48. The van der Waals surface area contributed by atoms with Crippen LogP contribution in [0.25, 0.3) is 0 Å². The Morgan fingerprint density at radius 2 is 1.69 bits per heavy atom. The Balaban J connectivity index is 1.13. The molecule has 2 fully saturated rings. The van der Waals surface area contributed by atoms with E-state index >= 15 is 0 Å². The first-order chi connectivity index (χ1) is 12.8. The molecule has 1 saturated heterocycles. The summed E-state index contributed by atoms with van der Waals surface area (Å²) in [4.78, 5) is 2.59. The van der Waals surface area contributed by atoms with Gasteiger partial charge in [-0.15, -0.1) is 0 Å². The first-order valence-electron chi connectivity index (χ1n) is 9.81. The van der Waals surface area contributed by atoms with Crippen molar-refractivity contribution in [1.82, 2.24) is 10.2 Å². The standard InChI is InChI=1S/C22H28BrN3/c23-18-6-8-19(9-7-18)24-12-15-26-13-10-20(11-14-26)25-22-16-21(22)17-4-2-1-3-5-17/h1-9,20-22,24-25H,10-16H2/t21-,22+/m0/s1. The Bertz CT molecular complexity index is 680. The molecule has 1 heterocycles. The molecule has 2 N–H and O–H groups in total. The van der Waals surface area contributed by atoms with E-state index in [-0.39, 0.29) is 0 Å². The van der Waals surface area contributed by atoms with Gasteiger partial charge in [0.25, 0.3) is 0 Å². The summed E-state index contributed by atoms with van der Waals surface area (Å²) in [6, 6.07) is 20.8. The maximum atomic E-state index is 3.90. The highest BCUT2D eigenvalue weighted by atomic mass is 79.9. The fourth-order valence-electron chi connectivity index (χ4n) is 4.00. The number of nitrogens with zero attached hydrogens (tertiary/aromatic N) is 1. The van der Waals surface area contributed by atoms with E-state index in [0.29, 0.717) is 12.1 Å². The normalized spacial score (nSPS) is 23.7. The van der Waals surface area contributed by atoms with E-state index in [9.17, 15) is 0 Å². The fraction of sp³-hybridized carbons (Fsp3) is 0.455. The second-order valence-corrected chi connectivity index (χ2v) is 8.49. The molecule has 1 aliphatic carbocycles. The number of nitrogens with one attached hydrogen (secondary N) is 2. The van der Waals surface area contributed by atoms with Crippen molar-refractivity contribution >= 4 is 21.6 Å². The van der Waals surface area contributed by atoms with Crippen LogP contribution < -0.4 is 10.6 Å². The molecular weight excluding hydrogens is 386 g/mol. The van der Waals surface area contributed by atoms with Crippen molar-refractivity contribution in [1.29, 1.82) is 0 Å². The van der Waals surface area contributed by atoms with Gasteiger partial charge in [-0.1, -0.05) is 46.3 Å².